The fourth-order valence-electron chi connectivity index (χ4n) is 6.28. The van der Waals surface area contributed by atoms with Crippen LogP contribution < -0.4 is 9.64 Å². The van der Waals surface area contributed by atoms with E-state index < -0.39 is 5.97 Å². The highest BCUT2D eigenvalue weighted by molar-refractivity contribution is 6.39. The van der Waals surface area contributed by atoms with Gasteiger partial charge < -0.3 is 23.8 Å². The lowest BCUT2D eigenvalue weighted by Crippen LogP contribution is -2.45. The zero-order valence-electron chi connectivity index (χ0n) is 23.6. The largest absolute Gasteiger partial charge is 0.489 e. The van der Waals surface area contributed by atoms with Gasteiger partial charge in [0.1, 0.15) is 23.8 Å². The Bertz CT molecular complexity index is 1920. The molecule has 0 bridgehead atoms. The number of carboxylic acid groups (broad SMARTS) is 1. The Balaban J connectivity index is 0.977. The van der Waals surface area contributed by atoms with Gasteiger partial charge in [0.25, 0.3) is 0 Å². The first kappa shape index (κ1) is 27.9. The molecule has 0 spiro atoms. The van der Waals surface area contributed by atoms with Crippen molar-refractivity contribution < 1.29 is 19.2 Å². The average Bonchev–Trinajstić information content (AvgIpc) is 3.92. The summed E-state index contributed by atoms with van der Waals surface area (Å²) in [5.74, 6) is 1.22. The minimum absolute atomic E-state index is 0.258. The maximum atomic E-state index is 11.8. The number of fused-ring (bicyclic) bond motifs is 1. The average molecular weight is 649 g/mol. The third kappa shape index (κ3) is 4.91. The van der Waals surface area contributed by atoms with Gasteiger partial charge in [0, 0.05) is 58.8 Å². The third-order valence-corrected chi connectivity index (χ3v) is 9.95. The Hall–Kier alpha value is -3.65. The van der Waals surface area contributed by atoms with Crippen LogP contribution in [0.3, 0.4) is 0 Å². The van der Waals surface area contributed by atoms with E-state index in [0.29, 0.717) is 49.6 Å². The van der Waals surface area contributed by atoms with Gasteiger partial charge in [-0.1, -0.05) is 52.1 Å². The van der Waals surface area contributed by atoms with Crippen molar-refractivity contribution in [3.05, 3.63) is 98.3 Å². The van der Waals surface area contributed by atoms with Crippen molar-refractivity contribution in [3.8, 4) is 17.0 Å². The van der Waals surface area contributed by atoms with E-state index in [0.717, 1.165) is 72.3 Å². The summed E-state index contributed by atoms with van der Waals surface area (Å²) < 4.78 is 14.1. The second-order valence-electron chi connectivity index (χ2n) is 12.0. The SMILES string of the molecule is O=C(O)c1cn(C2CC2)c2cc(N3CC(c4ccc(OCc5c(-c6c(Cl)cccc6Cl)noc5C5CC5)cc4Cl)C3)ccc12. The van der Waals surface area contributed by atoms with Crippen LogP contribution in [0.15, 0.2) is 65.3 Å². The van der Waals surface area contributed by atoms with Gasteiger partial charge in [-0.15, -0.1) is 0 Å². The number of rotatable bonds is 9. The molecule has 3 aromatic carbocycles. The molecule has 3 heterocycles. The molecule has 5 aromatic rings. The molecule has 0 amide bonds. The molecule has 1 saturated heterocycles. The van der Waals surface area contributed by atoms with Gasteiger partial charge in [-0.25, -0.2) is 4.79 Å². The van der Waals surface area contributed by atoms with Crippen molar-refractivity contribution in [2.75, 3.05) is 18.0 Å². The molecule has 2 aliphatic carbocycles. The van der Waals surface area contributed by atoms with Crippen LogP contribution in [0, 0.1) is 0 Å². The van der Waals surface area contributed by atoms with E-state index in [-0.39, 0.29) is 12.5 Å². The Morgan fingerprint density at radius 1 is 0.955 bits per heavy atom. The van der Waals surface area contributed by atoms with Gasteiger partial charge >= 0.3 is 5.97 Å². The number of hydrogen-bond donors (Lipinski definition) is 1. The van der Waals surface area contributed by atoms with Gasteiger partial charge in [-0.2, -0.15) is 0 Å². The highest BCUT2D eigenvalue weighted by Gasteiger charge is 2.34. The lowest BCUT2D eigenvalue weighted by atomic mass is 9.90. The number of anilines is 1. The quantitative estimate of drug-likeness (QED) is 0.172. The van der Waals surface area contributed by atoms with Crippen molar-refractivity contribution >= 4 is 57.4 Å². The Morgan fingerprint density at radius 3 is 2.41 bits per heavy atom. The zero-order chi connectivity index (χ0) is 30.1. The molecule has 8 rings (SSSR count). The summed E-state index contributed by atoms with van der Waals surface area (Å²) in [4.78, 5) is 14.1. The summed E-state index contributed by atoms with van der Waals surface area (Å²) in [7, 11) is 0. The van der Waals surface area contributed by atoms with E-state index >= 15 is 0 Å². The maximum Gasteiger partial charge on any atom is 0.337 e. The molecule has 7 nitrogen and oxygen atoms in total. The van der Waals surface area contributed by atoms with Gasteiger partial charge in [-0.3, -0.25) is 0 Å². The predicted octanol–water partition coefficient (Wildman–Crippen LogP) is 9.35. The lowest BCUT2D eigenvalue weighted by Gasteiger charge is -2.41. The standard InChI is InChI=1S/C34H28Cl3N3O4/c35-27-2-1-3-28(36)31(27)32-26(33(44-38-32)18-4-5-18)17-43-22-9-11-23(29(37)13-22)19-14-39(15-19)21-8-10-24-25(34(41)42)16-40(20-6-7-20)30(24)12-21/h1-3,8-13,16,18-20H,4-7,14-15,17H2,(H,41,42). The van der Waals surface area contributed by atoms with E-state index in [9.17, 15) is 9.90 Å². The third-order valence-electron chi connectivity index (χ3n) is 9.00. The minimum Gasteiger partial charge on any atom is -0.489 e. The van der Waals surface area contributed by atoms with Crippen molar-refractivity contribution in [2.24, 2.45) is 0 Å². The van der Waals surface area contributed by atoms with Crippen molar-refractivity contribution in [1.82, 2.24) is 9.72 Å². The lowest BCUT2D eigenvalue weighted by molar-refractivity contribution is 0.0698. The van der Waals surface area contributed by atoms with E-state index in [4.69, 9.17) is 44.1 Å². The molecule has 0 unspecified atom stereocenters. The molecular formula is C34H28Cl3N3O4. The fraction of sp³-hybridized carbons (Fsp3) is 0.294. The molecule has 1 aliphatic heterocycles. The minimum atomic E-state index is -0.886. The van der Waals surface area contributed by atoms with Crippen molar-refractivity contribution in [2.45, 2.75) is 50.2 Å². The summed E-state index contributed by atoms with van der Waals surface area (Å²) in [6, 6.07) is 17.7. The Labute approximate surface area is 268 Å². The summed E-state index contributed by atoms with van der Waals surface area (Å²) in [5.41, 5.74) is 5.65. The van der Waals surface area contributed by atoms with E-state index in [1.165, 1.54) is 0 Å². The van der Waals surface area contributed by atoms with Crippen LogP contribution in [0.4, 0.5) is 5.69 Å². The fourth-order valence-corrected chi connectivity index (χ4v) is 7.18. The number of carbonyl (C=O) groups is 1. The van der Waals surface area contributed by atoms with Crippen LogP contribution in [-0.4, -0.2) is 33.9 Å². The summed E-state index contributed by atoms with van der Waals surface area (Å²) in [6.45, 7) is 1.91. The molecule has 10 heteroatoms. The number of carboxylic acids is 1. The molecule has 0 atom stereocenters. The van der Waals surface area contributed by atoms with E-state index in [2.05, 4.69) is 20.7 Å². The molecule has 2 aromatic heterocycles. The number of aromatic carboxylic acids is 1. The summed E-state index contributed by atoms with van der Waals surface area (Å²) >= 11 is 19.8. The molecule has 2 saturated carbocycles. The van der Waals surface area contributed by atoms with E-state index in [1.54, 1.807) is 24.4 Å². The number of halogens is 3. The highest BCUT2D eigenvalue weighted by Crippen LogP contribution is 2.46. The Kier molecular flexibility index (Phi) is 6.81. The predicted molar refractivity (Wildman–Crippen MR) is 172 cm³/mol. The second kappa shape index (κ2) is 10.8. The molecule has 3 aliphatic rings. The first-order valence-corrected chi connectivity index (χ1v) is 16.0. The Morgan fingerprint density at radius 2 is 1.73 bits per heavy atom. The van der Waals surface area contributed by atoms with Gasteiger partial charge in [0.2, 0.25) is 0 Å². The van der Waals surface area contributed by atoms with E-state index in [1.807, 2.05) is 30.3 Å². The molecule has 224 valence electrons. The molecule has 1 N–H and O–H groups in total. The molecular weight excluding hydrogens is 621 g/mol. The number of ether oxygens (including phenoxy) is 1. The number of nitrogens with zero attached hydrogens (tertiary/aromatic N) is 3. The van der Waals surface area contributed by atoms with Crippen molar-refractivity contribution in [1.29, 1.82) is 0 Å². The molecule has 3 fully saturated rings. The number of benzene rings is 3. The first-order chi connectivity index (χ1) is 21.4. The van der Waals surface area contributed by atoms with Crippen LogP contribution in [-0.2, 0) is 6.61 Å². The first-order valence-electron chi connectivity index (χ1n) is 14.8. The van der Waals surface area contributed by atoms with Gasteiger partial charge in [-0.05, 0) is 73.7 Å². The highest BCUT2D eigenvalue weighted by atomic mass is 35.5. The van der Waals surface area contributed by atoms with Gasteiger partial charge in [0.05, 0.1) is 26.7 Å². The summed E-state index contributed by atoms with van der Waals surface area (Å²) in [5, 5.41) is 16.5. The van der Waals surface area contributed by atoms with Crippen LogP contribution in [0.5, 0.6) is 5.75 Å². The monoisotopic (exact) mass is 647 g/mol. The number of hydrogen-bond acceptors (Lipinski definition) is 5. The normalized spacial score (nSPS) is 16.8. The molecule has 0 radical (unpaired) electrons. The second-order valence-corrected chi connectivity index (χ2v) is 13.2. The smallest absolute Gasteiger partial charge is 0.337 e. The van der Waals surface area contributed by atoms with Crippen LogP contribution in [0.1, 0.15) is 70.8 Å². The maximum absolute atomic E-state index is 11.8. The zero-order valence-corrected chi connectivity index (χ0v) is 25.9. The summed E-state index contributed by atoms with van der Waals surface area (Å²) in [6.07, 6.45) is 6.09. The molecule has 44 heavy (non-hydrogen) atoms. The van der Waals surface area contributed by atoms with Gasteiger partial charge in [0.15, 0.2) is 0 Å². The van der Waals surface area contributed by atoms with Crippen LogP contribution in [0.25, 0.3) is 22.2 Å². The van der Waals surface area contributed by atoms with Crippen LogP contribution >= 0.6 is 34.8 Å². The number of aromatic nitrogens is 2. The topological polar surface area (TPSA) is 80.7 Å². The van der Waals surface area contributed by atoms with Crippen molar-refractivity contribution in [3.63, 3.8) is 0 Å². The van der Waals surface area contributed by atoms with Crippen LogP contribution in [0.2, 0.25) is 15.1 Å².